The van der Waals surface area contributed by atoms with Crippen LogP contribution in [0.3, 0.4) is 0 Å². The number of hydrazone groups is 1. The molecule has 0 heterocycles. The van der Waals surface area contributed by atoms with Crippen molar-refractivity contribution in [3.63, 3.8) is 0 Å². The molecule has 31 heavy (non-hydrogen) atoms. The summed E-state index contributed by atoms with van der Waals surface area (Å²) in [5.74, 6) is 0.918. The molecule has 0 saturated carbocycles. The van der Waals surface area contributed by atoms with Gasteiger partial charge in [-0.1, -0.05) is 24.3 Å². The molecular weight excluding hydrogens is 639 g/mol. The third kappa shape index (κ3) is 6.78. The van der Waals surface area contributed by atoms with E-state index in [9.17, 15) is 4.79 Å². The number of amides is 1. The van der Waals surface area contributed by atoms with Crippen molar-refractivity contribution in [1.82, 2.24) is 5.43 Å². The van der Waals surface area contributed by atoms with Gasteiger partial charge in [0.1, 0.15) is 6.61 Å². The summed E-state index contributed by atoms with van der Waals surface area (Å²) < 4.78 is 14.4. The standard InChI is InChI=1S/C23H19Br2IN2O3/c1-2-30-21-12-16(13-27-28-23(29)18-5-3-4-6-19(18)24)11-20(25)22(21)31-14-15-7-9-17(26)10-8-15/h3-13H,2,14H2,1H3,(H,28,29)/b27-13-. The topological polar surface area (TPSA) is 59.9 Å². The maximum Gasteiger partial charge on any atom is 0.272 e. The van der Waals surface area contributed by atoms with E-state index in [0.717, 1.165) is 15.6 Å². The fourth-order valence-corrected chi connectivity index (χ4v) is 4.07. The molecule has 0 atom stereocenters. The van der Waals surface area contributed by atoms with E-state index in [2.05, 4.69) is 65.0 Å². The first-order valence-electron chi connectivity index (χ1n) is 9.39. The number of halogens is 3. The molecule has 0 saturated heterocycles. The van der Waals surface area contributed by atoms with Crippen LogP contribution in [0.4, 0.5) is 0 Å². The lowest BCUT2D eigenvalue weighted by atomic mass is 10.2. The first-order valence-corrected chi connectivity index (χ1v) is 12.1. The summed E-state index contributed by atoms with van der Waals surface area (Å²) in [6.45, 7) is 2.83. The lowest BCUT2D eigenvalue weighted by Gasteiger charge is -2.14. The smallest absolute Gasteiger partial charge is 0.272 e. The number of carbonyl (C=O) groups is 1. The van der Waals surface area contributed by atoms with Crippen LogP contribution < -0.4 is 14.9 Å². The molecule has 1 amide bonds. The first kappa shape index (κ1) is 23.7. The van der Waals surface area contributed by atoms with Crippen LogP contribution in [-0.2, 0) is 6.61 Å². The van der Waals surface area contributed by atoms with Gasteiger partial charge in [-0.3, -0.25) is 4.79 Å². The maximum atomic E-state index is 12.3. The van der Waals surface area contributed by atoms with Gasteiger partial charge in [-0.2, -0.15) is 5.10 Å². The van der Waals surface area contributed by atoms with Gasteiger partial charge in [0.2, 0.25) is 0 Å². The number of rotatable bonds is 8. The number of benzene rings is 3. The first-order chi connectivity index (χ1) is 15.0. The van der Waals surface area contributed by atoms with Gasteiger partial charge in [-0.25, -0.2) is 5.43 Å². The predicted molar refractivity (Wildman–Crippen MR) is 138 cm³/mol. The number of nitrogens with zero attached hydrogens (tertiary/aromatic N) is 1. The largest absolute Gasteiger partial charge is 0.490 e. The van der Waals surface area contributed by atoms with E-state index >= 15 is 0 Å². The highest BCUT2D eigenvalue weighted by molar-refractivity contribution is 14.1. The van der Waals surface area contributed by atoms with Crippen molar-refractivity contribution >= 4 is 66.6 Å². The van der Waals surface area contributed by atoms with Crippen molar-refractivity contribution in [3.05, 3.63) is 89.9 Å². The summed E-state index contributed by atoms with van der Waals surface area (Å²) in [7, 11) is 0. The third-order valence-corrected chi connectivity index (χ3v) is 6.13. The highest BCUT2D eigenvalue weighted by atomic mass is 127. The highest BCUT2D eigenvalue weighted by Gasteiger charge is 2.13. The normalized spacial score (nSPS) is 10.8. The number of nitrogens with one attached hydrogen (secondary N) is 1. The zero-order valence-electron chi connectivity index (χ0n) is 16.6. The molecule has 8 heteroatoms. The molecule has 0 fully saturated rings. The van der Waals surface area contributed by atoms with Crippen LogP contribution in [0, 0.1) is 3.57 Å². The van der Waals surface area contributed by atoms with Gasteiger partial charge in [0.25, 0.3) is 5.91 Å². The molecule has 0 unspecified atom stereocenters. The monoisotopic (exact) mass is 656 g/mol. The number of carbonyl (C=O) groups excluding carboxylic acids is 1. The maximum absolute atomic E-state index is 12.3. The molecule has 0 bridgehead atoms. The van der Waals surface area contributed by atoms with Gasteiger partial charge < -0.3 is 9.47 Å². The Morgan fingerprint density at radius 3 is 2.52 bits per heavy atom. The Morgan fingerprint density at radius 1 is 1.06 bits per heavy atom. The Balaban J connectivity index is 1.73. The lowest BCUT2D eigenvalue weighted by Crippen LogP contribution is -2.18. The van der Waals surface area contributed by atoms with Gasteiger partial charge in [-0.05, 0) is 109 Å². The van der Waals surface area contributed by atoms with Gasteiger partial charge >= 0.3 is 0 Å². The summed E-state index contributed by atoms with van der Waals surface area (Å²) in [5, 5.41) is 4.07. The summed E-state index contributed by atoms with van der Waals surface area (Å²) in [4.78, 5) is 12.3. The molecular formula is C23H19Br2IN2O3. The number of hydrogen-bond acceptors (Lipinski definition) is 4. The molecule has 3 aromatic carbocycles. The fraction of sp³-hybridized carbons (Fsp3) is 0.130. The summed E-state index contributed by atoms with van der Waals surface area (Å²) >= 11 is 9.19. The van der Waals surface area contributed by atoms with Crippen LogP contribution in [0.25, 0.3) is 0 Å². The van der Waals surface area contributed by atoms with Crippen molar-refractivity contribution < 1.29 is 14.3 Å². The summed E-state index contributed by atoms with van der Waals surface area (Å²) in [5.41, 5.74) is 4.87. The van der Waals surface area contributed by atoms with Crippen LogP contribution in [0.2, 0.25) is 0 Å². The Kier molecular flexibility index (Phi) is 8.91. The number of hydrogen-bond donors (Lipinski definition) is 1. The molecule has 5 nitrogen and oxygen atoms in total. The van der Waals surface area contributed by atoms with Gasteiger partial charge in [0, 0.05) is 8.04 Å². The molecule has 0 aromatic heterocycles. The minimum atomic E-state index is -0.301. The van der Waals surface area contributed by atoms with Crippen molar-refractivity contribution in [1.29, 1.82) is 0 Å². The van der Waals surface area contributed by atoms with Crippen LogP contribution in [0.15, 0.2) is 74.7 Å². The van der Waals surface area contributed by atoms with E-state index in [-0.39, 0.29) is 5.91 Å². The third-order valence-electron chi connectivity index (χ3n) is 4.13. The molecule has 3 aromatic rings. The molecule has 0 aliphatic carbocycles. The van der Waals surface area contributed by atoms with E-state index in [1.54, 1.807) is 24.4 Å². The van der Waals surface area contributed by atoms with E-state index in [1.807, 2.05) is 49.4 Å². The molecule has 0 spiro atoms. The predicted octanol–water partition coefficient (Wildman–Crippen LogP) is 6.56. The van der Waals surface area contributed by atoms with Crippen molar-refractivity contribution in [3.8, 4) is 11.5 Å². The lowest BCUT2D eigenvalue weighted by molar-refractivity contribution is 0.0954. The highest BCUT2D eigenvalue weighted by Crippen LogP contribution is 2.37. The van der Waals surface area contributed by atoms with Crippen LogP contribution in [0.5, 0.6) is 11.5 Å². The fourth-order valence-electron chi connectivity index (χ4n) is 2.67. The van der Waals surface area contributed by atoms with E-state index < -0.39 is 0 Å². The van der Waals surface area contributed by atoms with E-state index in [4.69, 9.17) is 9.47 Å². The molecule has 1 N–H and O–H groups in total. The quantitative estimate of drug-likeness (QED) is 0.170. The van der Waals surface area contributed by atoms with Crippen LogP contribution in [-0.4, -0.2) is 18.7 Å². The second-order valence-electron chi connectivity index (χ2n) is 6.36. The summed E-state index contributed by atoms with van der Waals surface area (Å²) in [6.07, 6.45) is 1.56. The second-order valence-corrected chi connectivity index (χ2v) is 9.31. The molecule has 0 radical (unpaired) electrons. The van der Waals surface area contributed by atoms with Gasteiger partial charge in [0.15, 0.2) is 11.5 Å². The van der Waals surface area contributed by atoms with Crippen molar-refractivity contribution in [2.24, 2.45) is 5.10 Å². The van der Waals surface area contributed by atoms with Crippen molar-refractivity contribution in [2.75, 3.05) is 6.61 Å². The van der Waals surface area contributed by atoms with E-state index in [0.29, 0.717) is 34.7 Å². The molecule has 0 aliphatic rings. The minimum absolute atomic E-state index is 0.301. The zero-order valence-corrected chi connectivity index (χ0v) is 21.9. The Bertz CT molecular complexity index is 1090. The second kappa shape index (κ2) is 11.6. The average molecular weight is 658 g/mol. The van der Waals surface area contributed by atoms with Gasteiger partial charge in [-0.15, -0.1) is 0 Å². The molecule has 160 valence electrons. The van der Waals surface area contributed by atoms with Crippen molar-refractivity contribution in [2.45, 2.75) is 13.5 Å². The molecule has 3 rings (SSSR count). The van der Waals surface area contributed by atoms with Crippen LogP contribution >= 0.6 is 54.5 Å². The SMILES string of the molecule is CCOc1cc(/C=N\NC(=O)c2ccccc2Br)cc(Br)c1OCc1ccc(I)cc1. The van der Waals surface area contributed by atoms with Crippen LogP contribution in [0.1, 0.15) is 28.4 Å². The zero-order chi connectivity index (χ0) is 22.2. The van der Waals surface area contributed by atoms with E-state index in [1.165, 1.54) is 3.57 Å². The molecule has 0 aliphatic heterocycles. The number of ether oxygens (including phenoxy) is 2. The average Bonchev–Trinajstić information content (AvgIpc) is 2.75. The summed E-state index contributed by atoms with van der Waals surface area (Å²) in [6, 6.07) is 19.0. The minimum Gasteiger partial charge on any atom is -0.490 e. The Hall–Kier alpha value is -1.91. The Labute approximate surface area is 211 Å². The van der Waals surface area contributed by atoms with Gasteiger partial charge in [0.05, 0.1) is 22.9 Å². The Morgan fingerprint density at radius 2 is 1.81 bits per heavy atom.